The molecule has 0 amide bonds. The Hall–Kier alpha value is -3.48. The summed E-state index contributed by atoms with van der Waals surface area (Å²) < 4.78 is 11.8. The highest BCUT2D eigenvalue weighted by atomic mass is 16.5. The number of ether oxygens (including phenoxy) is 1. The van der Waals surface area contributed by atoms with Crippen molar-refractivity contribution < 1.29 is 9.15 Å². The lowest BCUT2D eigenvalue weighted by Gasteiger charge is -2.09. The minimum absolute atomic E-state index is 0.225. The summed E-state index contributed by atoms with van der Waals surface area (Å²) in [6, 6.07) is 9.63. The number of fused-ring (bicyclic) bond motifs is 1. The van der Waals surface area contributed by atoms with Gasteiger partial charge in [-0.2, -0.15) is 9.98 Å². The van der Waals surface area contributed by atoms with Crippen molar-refractivity contribution in [3.05, 3.63) is 60.5 Å². The summed E-state index contributed by atoms with van der Waals surface area (Å²) in [5, 5.41) is 3.25. The molecule has 2 fully saturated rings. The summed E-state index contributed by atoms with van der Waals surface area (Å²) in [6.45, 7) is 0. The molecule has 1 aliphatic heterocycles. The van der Waals surface area contributed by atoms with E-state index in [9.17, 15) is 0 Å². The van der Waals surface area contributed by atoms with Crippen molar-refractivity contribution in [2.45, 2.75) is 12.0 Å². The molecule has 2 unspecified atom stereocenters. The van der Waals surface area contributed by atoms with E-state index in [2.05, 4.69) is 37.4 Å². The number of amidine groups is 1. The van der Waals surface area contributed by atoms with Gasteiger partial charge in [0.2, 0.25) is 5.89 Å². The van der Waals surface area contributed by atoms with Gasteiger partial charge in [0.25, 0.3) is 6.02 Å². The zero-order valence-electron chi connectivity index (χ0n) is 13.6. The van der Waals surface area contributed by atoms with Crippen LogP contribution in [0.4, 0.5) is 5.82 Å². The average Bonchev–Trinajstić information content (AvgIpc) is 3.05. The molecule has 1 saturated carbocycles. The standard InChI is InChI=1S/C19H13N5O2/c1-4-11-10-19(11)14(7-1)22-18(26-19)23-15-8-2-5-12(21-15)17-24-16-13(25-17)6-3-9-20-16/h1-9,11H,10H2,(H,21,22,23). The van der Waals surface area contributed by atoms with Crippen LogP contribution in [0.5, 0.6) is 0 Å². The van der Waals surface area contributed by atoms with Gasteiger partial charge in [0.1, 0.15) is 5.69 Å². The third-order valence-corrected chi connectivity index (χ3v) is 4.88. The number of aliphatic imine (C=N–C) groups is 1. The van der Waals surface area contributed by atoms with Gasteiger partial charge in [-0.15, -0.1) is 0 Å². The predicted octanol–water partition coefficient (Wildman–Crippen LogP) is 3.10. The number of pyridine rings is 2. The largest absolute Gasteiger partial charge is 0.451 e. The molecule has 2 atom stereocenters. The Kier molecular flexibility index (Phi) is 2.53. The van der Waals surface area contributed by atoms with Gasteiger partial charge in [-0.1, -0.05) is 18.2 Å². The van der Waals surface area contributed by atoms with E-state index >= 15 is 0 Å². The van der Waals surface area contributed by atoms with Crippen molar-refractivity contribution in [3.63, 3.8) is 0 Å². The Morgan fingerprint density at radius 2 is 2.19 bits per heavy atom. The first-order chi connectivity index (χ1) is 12.8. The highest BCUT2D eigenvalue weighted by Crippen LogP contribution is 2.56. The van der Waals surface area contributed by atoms with Crippen LogP contribution in [0.25, 0.3) is 22.8 Å². The number of hydrogen-bond acceptors (Lipinski definition) is 6. The Labute approximate surface area is 148 Å². The Balaban J connectivity index is 1.34. The SMILES string of the molecule is C1=CC2CC23O/C(=N/c2cccc(-c4nc5ncccc5o4)n2)NC3=C1. The van der Waals surface area contributed by atoms with Gasteiger partial charge < -0.3 is 14.5 Å². The summed E-state index contributed by atoms with van der Waals surface area (Å²) in [6.07, 6.45) is 8.95. The maximum atomic E-state index is 6.05. The molecule has 3 aliphatic rings. The molecule has 2 aliphatic carbocycles. The first-order valence-electron chi connectivity index (χ1n) is 8.43. The molecule has 4 heterocycles. The lowest BCUT2D eigenvalue weighted by Crippen LogP contribution is -2.16. The Morgan fingerprint density at radius 1 is 1.19 bits per heavy atom. The van der Waals surface area contributed by atoms with Gasteiger partial charge in [0.15, 0.2) is 22.6 Å². The van der Waals surface area contributed by atoms with Gasteiger partial charge in [0, 0.05) is 18.5 Å². The number of allylic oxidation sites excluding steroid dienone is 2. The van der Waals surface area contributed by atoms with Gasteiger partial charge >= 0.3 is 0 Å². The minimum Gasteiger partial charge on any atom is -0.451 e. The molecule has 1 spiro atoms. The van der Waals surface area contributed by atoms with Crippen LogP contribution in [0.1, 0.15) is 6.42 Å². The molecule has 6 rings (SSSR count). The molecule has 7 heteroatoms. The van der Waals surface area contributed by atoms with E-state index in [1.165, 1.54) is 0 Å². The normalized spacial score (nSPS) is 26.8. The summed E-state index contributed by atoms with van der Waals surface area (Å²) in [7, 11) is 0. The van der Waals surface area contributed by atoms with Crippen LogP contribution in [0.15, 0.2) is 69.9 Å². The lowest BCUT2D eigenvalue weighted by molar-refractivity contribution is 0.215. The molecule has 0 radical (unpaired) electrons. The van der Waals surface area contributed by atoms with Crippen molar-refractivity contribution in [1.82, 2.24) is 20.3 Å². The summed E-state index contributed by atoms with van der Waals surface area (Å²) in [5.41, 5.74) is 2.64. The molecule has 26 heavy (non-hydrogen) atoms. The molecule has 0 bridgehead atoms. The molecule has 126 valence electrons. The lowest BCUT2D eigenvalue weighted by atomic mass is 10.1. The number of rotatable bonds is 2. The van der Waals surface area contributed by atoms with Crippen molar-refractivity contribution in [1.29, 1.82) is 0 Å². The highest BCUT2D eigenvalue weighted by Gasteiger charge is 2.63. The van der Waals surface area contributed by atoms with Gasteiger partial charge in [0.05, 0.1) is 5.70 Å². The number of oxazole rings is 1. The second-order valence-electron chi connectivity index (χ2n) is 6.53. The van der Waals surface area contributed by atoms with Gasteiger partial charge in [-0.05, 0) is 30.3 Å². The zero-order chi connectivity index (χ0) is 17.1. The first kappa shape index (κ1) is 13.8. The van der Waals surface area contributed by atoms with E-state index in [-0.39, 0.29) is 5.60 Å². The maximum absolute atomic E-state index is 6.05. The van der Waals surface area contributed by atoms with Gasteiger partial charge in [-0.3, -0.25) is 0 Å². The van der Waals surface area contributed by atoms with Crippen molar-refractivity contribution in [2.24, 2.45) is 10.9 Å². The van der Waals surface area contributed by atoms with E-state index in [1.807, 2.05) is 36.4 Å². The fourth-order valence-electron chi connectivity index (χ4n) is 3.50. The second-order valence-corrected chi connectivity index (χ2v) is 6.53. The maximum Gasteiger partial charge on any atom is 0.296 e. The summed E-state index contributed by atoms with van der Waals surface area (Å²) >= 11 is 0. The molecule has 0 aromatic carbocycles. The highest BCUT2D eigenvalue weighted by molar-refractivity contribution is 5.84. The van der Waals surface area contributed by atoms with E-state index in [4.69, 9.17) is 9.15 Å². The summed E-state index contributed by atoms with van der Waals surface area (Å²) in [4.78, 5) is 17.6. The quantitative estimate of drug-likeness (QED) is 0.769. The van der Waals surface area contributed by atoms with E-state index in [1.54, 1.807) is 6.20 Å². The van der Waals surface area contributed by atoms with Crippen LogP contribution in [0.3, 0.4) is 0 Å². The van der Waals surface area contributed by atoms with Crippen LogP contribution in [0.2, 0.25) is 0 Å². The fraction of sp³-hybridized carbons (Fsp3) is 0.158. The molecule has 1 saturated heterocycles. The van der Waals surface area contributed by atoms with Crippen LogP contribution in [-0.2, 0) is 4.74 Å². The third-order valence-electron chi connectivity index (χ3n) is 4.88. The molecular weight excluding hydrogens is 330 g/mol. The second kappa shape index (κ2) is 4.78. The predicted molar refractivity (Wildman–Crippen MR) is 94.4 cm³/mol. The van der Waals surface area contributed by atoms with Gasteiger partial charge in [-0.25, -0.2) is 9.97 Å². The van der Waals surface area contributed by atoms with E-state index in [0.29, 0.717) is 40.6 Å². The molecule has 7 nitrogen and oxygen atoms in total. The smallest absolute Gasteiger partial charge is 0.296 e. The topological polar surface area (TPSA) is 85.4 Å². The zero-order valence-corrected chi connectivity index (χ0v) is 13.6. The number of hydrogen-bond donors (Lipinski definition) is 1. The average molecular weight is 343 g/mol. The number of nitrogens with zero attached hydrogens (tertiary/aromatic N) is 4. The van der Waals surface area contributed by atoms with Crippen LogP contribution >= 0.6 is 0 Å². The van der Waals surface area contributed by atoms with Crippen molar-refractivity contribution in [3.8, 4) is 11.6 Å². The monoisotopic (exact) mass is 343 g/mol. The molecule has 3 aromatic rings. The number of aromatic nitrogens is 3. The van der Waals surface area contributed by atoms with Crippen LogP contribution < -0.4 is 5.32 Å². The van der Waals surface area contributed by atoms with Crippen molar-refractivity contribution >= 4 is 23.1 Å². The summed E-state index contributed by atoms with van der Waals surface area (Å²) in [5.74, 6) is 1.39. The number of nitrogens with one attached hydrogen (secondary N) is 1. The molecule has 3 aromatic heterocycles. The van der Waals surface area contributed by atoms with E-state index in [0.717, 1.165) is 12.1 Å². The Morgan fingerprint density at radius 3 is 3.12 bits per heavy atom. The minimum atomic E-state index is -0.225. The molecular formula is C19H13N5O2. The van der Waals surface area contributed by atoms with Crippen molar-refractivity contribution in [2.75, 3.05) is 0 Å². The van der Waals surface area contributed by atoms with Crippen LogP contribution in [-0.4, -0.2) is 26.6 Å². The first-order valence-corrected chi connectivity index (χ1v) is 8.43. The third kappa shape index (κ3) is 1.94. The van der Waals surface area contributed by atoms with E-state index < -0.39 is 0 Å². The molecule has 1 N–H and O–H groups in total. The van der Waals surface area contributed by atoms with Crippen LogP contribution in [0, 0.1) is 5.92 Å². The Bertz CT molecular complexity index is 1110. The fourth-order valence-corrected chi connectivity index (χ4v) is 3.50.